The number of fused-ring (bicyclic) bond motifs is 1. The van der Waals surface area contributed by atoms with E-state index in [1.54, 1.807) is 24.8 Å². The summed E-state index contributed by atoms with van der Waals surface area (Å²) in [7, 11) is 0. The lowest BCUT2D eigenvalue weighted by atomic mass is 10.0. The normalized spacial score (nSPS) is 16.5. The summed E-state index contributed by atoms with van der Waals surface area (Å²) >= 11 is 0.729. The molecule has 1 aliphatic heterocycles. The molecule has 1 fully saturated rings. The highest BCUT2D eigenvalue weighted by molar-refractivity contribution is 7.14. The summed E-state index contributed by atoms with van der Waals surface area (Å²) in [5, 5.41) is 12.3. The van der Waals surface area contributed by atoms with Crippen LogP contribution in [0.4, 0.5) is 14.7 Å². The van der Waals surface area contributed by atoms with Crippen LogP contribution in [-0.4, -0.2) is 44.4 Å². The van der Waals surface area contributed by atoms with Gasteiger partial charge in [-0.2, -0.15) is 5.26 Å². The summed E-state index contributed by atoms with van der Waals surface area (Å²) in [4.78, 5) is 32.2. The smallest absolute Gasteiger partial charge is 0.272 e. The highest BCUT2D eigenvalue weighted by atomic mass is 32.1. The first-order valence-electron chi connectivity index (χ1n) is 11.4. The first-order chi connectivity index (χ1) is 17.1. The average Bonchev–Trinajstić information content (AvgIpc) is 3.56. The number of para-hydroxylation sites is 2. The van der Waals surface area contributed by atoms with Crippen molar-refractivity contribution in [3.8, 4) is 6.07 Å². The molecule has 0 bridgehead atoms. The van der Waals surface area contributed by atoms with Crippen LogP contribution < -0.4 is 11.1 Å². The van der Waals surface area contributed by atoms with Crippen molar-refractivity contribution in [3.05, 3.63) is 57.8 Å². The summed E-state index contributed by atoms with van der Waals surface area (Å²) in [6.07, 6.45) is 0.293. The van der Waals surface area contributed by atoms with Gasteiger partial charge in [-0.3, -0.25) is 14.9 Å². The maximum atomic E-state index is 13.2. The monoisotopic (exact) mass is 512 g/mol. The van der Waals surface area contributed by atoms with Gasteiger partial charge in [0.2, 0.25) is 5.95 Å². The third-order valence-electron chi connectivity index (χ3n) is 5.84. The molecule has 1 aliphatic rings. The number of likely N-dealkylation sites (tertiary alicyclic amines) is 1. The summed E-state index contributed by atoms with van der Waals surface area (Å²) in [5.41, 5.74) is 6.57. The van der Waals surface area contributed by atoms with Crippen LogP contribution in [0.1, 0.15) is 47.7 Å². The number of rotatable bonds is 7. The van der Waals surface area contributed by atoms with Crippen molar-refractivity contribution >= 4 is 40.1 Å². The molecule has 188 valence electrons. The molecule has 4 rings (SSSR count). The molecule has 3 N–H and O–H groups in total. The lowest BCUT2D eigenvalue weighted by molar-refractivity contribution is -0.127. The fourth-order valence-corrected chi connectivity index (χ4v) is 5.04. The van der Waals surface area contributed by atoms with Gasteiger partial charge >= 0.3 is 0 Å². The second kappa shape index (κ2) is 10.2. The van der Waals surface area contributed by atoms with Gasteiger partial charge < -0.3 is 15.2 Å². The van der Waals surface area contributed by atoms with E-state index in [1.807, 2.05) is 28.8 Å². The van der Waals surface area contributed by atoms with Gasteiger partial charge in [0, 0.05) is 18.6 Å². The van der Waals surface area contributed by atoms with Crippen LogP contribution in [0, 0.1) is 11.3 Å². The Hall–Kier alpha value is -3.62. The number of carbonyl (C=O) groups is 2. The van der Waals surface area contributed by atoms with Crippen LogP contribution in [0.2, 0.25) is 0 Å². The third-order valence-corrected chi connectivity index (χ3v) is 6.94. The van der Waals surface area contributed by atoms with E-state index >= 15 is 0 Å². The average molecular weight is 513 g/mol. The van der Waals surface area contributed by atoms with Crippen LogP contribution in [0.15, 0.2) is 48.0 Å². The van der Waals surface area contributed by atoms with Crippen LogP contribution in [0.3, 0.4) is 0 Å². The van der Waals surface area contributed by atoms with Gasteiger partial charge in [0.1, 0.15) is 11.6 Å². The first kappa shape index (κ1) is 25.5. The molecule has 0 radical (unpaired) electrons. The number of hydrogen-bond acceptors (Lipinski definition) is 6. The Bertz CT molecular complexity index is 1360. The van der Waals surface area contributed by atoms with Crippen LogP contribution in [0.5, 0.6) is 0 Å². The van der Waals surface area contributed by atoms with Crippen LogP contribution >= 0.6 is 11.3 Å². The molecule has 3 heterocycles. The van der Waals surface area contributed by atoms with Gasteiger partial charge in [0.05, 0.1) is 26.8 Å². The predicted molar refractivity (Wildman–Crippen MR) is 134 cm³/mol. The highest BCUT2D eigenvalue weighted by Crippen LogP contribution is 2.29. The molecule has 2 aromatic heterocycles. The molecule has 0 saturated carbocycles. The van der Waals surface area contributed by atoms with E-state index in [0.29, 0.717) is 25.0 Å². The molecule has 0 unspecified atom stereocenters. The molecular weight excluding hydrogens is 486 g/mol. The SMILES string of the molecule is CC(C)(N)C=C(C#N)C(=O)N1CCC[C@@H]1Cn1c(NC(=O)c2ccc(C(F)F)s2)nc2ccccc21. The van der Waals surface area contributed by atoms with Crippen molar-refractivity contribution in [2.75, 3.05) is 11.9 Å². The summed E-state index contributed by atoms with van der Waals surface area (Å²) in [5.74, 6) is -0.666. The minimum atomic E-state index is -2.65. The van der Waals surface area contributed by atoms with Gasteiger partial charge in [-0.05, 0) is 57.0 Å². The molecule has 1 saturated heterocycles. The topological polar surface area (TPSA) is 117 Å². The Morgan fingerprint density at radius 3 is 2.75 bits per heavy atom. The number of nitriles is 1. The van der Waals surface area contributed by atoms with E-state index < -0.39 is 17.9 Å². The summed E-state index contributed by atoms with van der Waals surface area (Å²) < 4.78 is 27.8. The Kier molecular flexibility index (Phi) is 7.19. The lowest BCUT2D eigenvalue weighted by Crippen LogP contribution is -2.40. The minimum Gasteiger partial charge on any atom is -0.333 e. The minimum absolute atomic E-state index is 0.00838. The number of alkyl halides is 2. The van der Waals surface area contributed by atoms with Crippen molar-refractivity contribution in [3.63, 3.8) is 0 Å². The molecule has 36 heavy (non-hydrogen) atoms. The predicted octanol–water partition coefficient (Wildman–Crippen LogP) is 4.47. The van der Waals surface area contributed by atoms with Crippen molar-refractivity contribution < 1.29 is 18.4 Å². The molecule has 0 aliphatic carbocycles. The van der Waals surface area contributed by atoms with E-state index in [4.69, 9.17) is 5.73 Å². The number of anilines is 1. The van der Waals surface area contributed by atoms with E-state index in [9.17, 15) is 23.6 Å². The fourth-order valence-electron chi connectivity index (χ4n) is 4.28. The number of halogens is 2. The number of imidazole rings is 1. The summed E-state index contributed by atoms with van der Waals surface area (Å²) in [6, 6.07) is 11.7. The molecule has 0 spiro atoms. The van der Waals surface area contributed by atoms with Gasteiger partial charge in [0.25, 0.3) is 18.2 Å². The maximum absolute atomic E-state index is 13.2. The van der Waals surface area contributed by atoms with Gasteiger partial charge in [-0.25, -0.2) is 13.8 Å². The fraction of sp³-hybridized carbons (Fsp3) is 0.360. The van der Waals surface area contributed by atoms with E-state index in [1.165, 1.54) is 18.2 Å². The number of amides is 2. The number of thiophene rings is 1. The lowest BCUT2D eigenvalue weighted by Gasteiger charge is -2.26. The molecule has 11 heteroatoms. The van der Waals surface area contributed by atoms with E-state index in [-0.39, 0.29) is 33.2 Å². The van der Waals surface area contributed by atoms with Gasteiger partial charge in [0.15, 0.2) is 0 Å². The standard InChI is InChI=1S/C25H26F2N6O2S/c1-25(2,29)12-15(13-28)23(35)32-11-5-6-16(32)14-33-18-8-4-3-7-17(18)30-24(33)31-22(34)20-10-9-19(36-20)21(26)27/h3-4,7-10,12,16,21H,5-6,11,14,29H2,1-2H3,(H,30,31,34)/t16-/m1/s1. The zero-order chi connectivity index (χ0) is 26.0. The quantitative estimate of drug-likeness (QED) is 0.358. The zero-order valence-electron chi connectivity index (χ0n) is 19.9. The molecule has 8 nitrogen and oxygen atoms in total. The Labute approximate surface area is 211 Å². The van der Waals surface area contributed by atoms with Gasteiger partial charge in [-0.1, -0.05) is 12.1 Å². The number of carbonyl (C=O) groups excluding carboxylic acids is 2. The molecule has 1 aromatic carbocycles. The second-order valence-electron chi connectivity index (χ2n) is 9.28. The van der Waals surface area contributed by atoms with Crippen molar-refractivity contribution in [2.24, 2.45) is 5.73 Å². The maximum Gasteiger partial charge on any atom is 0.272 e. The number of nitrogens with one attached hydrogen (secondary N) is 1. The third kappa shape index (κ3) is 5.45. The van der Waals surface area contributed by atoms with Crippen LogP contribution in [0.25, 0.3) is 11.0 Å². The molecule has 1 atom stereocenters. The largest absolute Gasteiger partial charge is 0.333 e. The number of aromatic nitrogens is 2. The molecule has 2 amide bonds. The number of nitrogens with zero attached hydrogens (tertiary/aromatic N) is 4. The molecular formula is C25H26F2N6O2S. The van der Waals surface area contributed by atoms with E-state index in [2.05, 4.69) is 10.3 Å². The van der Waals surface area contributed by atoms with Crippen molar-refractivity contribution in [1.82, 2.24) is 14.5 Å². The van der Waals surface area contributed by atoms with Crippen molar-refractivity contribution in [1.29, 1.82) is 5.26 Å². The van der Waals surface area contributed by atoms with Gasteiger partial charge in [-0.15, -0.1) is 11.3 Å². The second-order valence-corrected chi connectivity index (χ2v) is 10.4. The zero-order valence-corrected chi connectivity index (χ0v) is 20.7. The Balaban J connectivity index is 1.62. The number of nitrogens with two attached hydrogens (primary N) is 1. The number of benzene rings is 1. The van der Waals surface area contributed by atoms with Crippen LogP contribution in [-0.2, 0) is 11.3 Å². The summed E-state index contributed by atoms with van der Waals surface area (Å²) in [6.45, 7) is 4.25. The Morgan fingerprint density at radius 2 is 2.08 bits per heavy atom. The Morgan fingerprint density at radius 1 is 1.33 bits per heavy atom. The molecule has 3 aromatic rings. The highest BCUT2D eigenvalue weighted by Gasteiger charge is 2.32. The first-order valence-corrected chi connectivity index (χ1v) is 12.3. The number of hydrogen-bond donors (Lipinski definition) is 2. The van der Waals surface area contributed by atoms with Crippen molar-refractivity contribution in [2.45, 2.75) is 51.2 Å². The van der Waals surface area contributed by atoms with E-state index in [0.717, 1.165) is 23.3 Å².